The molecule has 0 N–H and O–H groups in total. The van der Waals surface area contributed by atoms with Crippen LogP contribution in [0, 0.1) is 6.92 Å². The Labute approximate surface area is 162 Å². The molecule has 0 fully saturated rings. The molecular formula is C20H22N4O2S. The van der Waals surface area contributed by atoms with E-state index in [4.69, 9.17) is 4.42 Å². The molecule has 0 bridgehead atoms. The van der Waals surface area contributed by atoms with Crippen LogP contribution in [0.15, 0.2) is 46.2 Å². The zero-order valence-electron chi connectivity index (χ0n) is 15.7. The predicted molar refractivity (Wildman–Crippen MR) is 104 cm³/mol. The van der Waals surface area contributed by atoms with Crippen LogP contribution >= 0.6 is 11.8 Å². The topological polar surface area (TPSA) is 64.2 Å². The van der Waals surface area contributed by atoms with Crippen molar-refractivity contribution in [1.82, 2.24) is 19.7 Å². The lowest BCUT2D eigenvalue weighted by Gasteiger charge is -2.30. The van der Waals surface area contributed by atoms with E-state index in [9.17, 15) is 4.79 Å². The first-order chi connectivity index (χ1) is 13.0. The number of benzene rings is 1. The molecule has 1 aromatic carbocycles. The number of aromatic nitrogens is 3. The molecule has 1 aliphatic rings. The third-order valence-electron chi connectivity index (χ3n) is 5.01. The number of carbonyl (C=O) groups excluding carboxylic acids is 1. The maximum atomic E-state index is 12.9. The molecule has 7 heteroatoms. The fourth-order valence-corrected chi connectivity index (χ4v) is 4.32. The molecule has 0 saturated carbocycles. The number of furan rings is 1. The molecule has 140 valence electrons. The summed E-state index contributed by atoms with van der Waals surface area (Å²) in [7, 11) is 1.92. The van der Waals surface area contributed by atoms with Gasteiger partial charge in [0.2, 0.25) is 5.91 Å². The summed E-state index contributed by atoms with van der Waals surface area (Å²) in [6, 6.07) is 10.2. The Morgan fingerprint density at radius 2 is 2.00 bits per heavy atom. The van der Waals surface area contributed by atoms with Crippen molar-refractivity contribution in [3.8, 4) is 11.4 Å². The van der Waals surface area contributed by atoms with Crippen molar-refractivity contribution < 1.29 is 9.21 Å². The van der Waals surface area contributed by atoms with Gasteiger partial charge in [-0.05, 0) is 37.5 Å². The highest BCUT2D eigenvalue weighted by Gasteiger charge is 2.27. The van der Waals surface area contributed by atoms with Crippen LogP contribution < -0.4 is 0 Å². The molecule has 3 aromatic rings. The van der Waals surface area contributed by atoms with Crippen LogP contribution in [0.5, 0.6) is 0 Å². The summed E-state index contributed by atoms with van der Waals surface area (Å²) in [6.45, 7) is 5.28. The zero-order chi connectivity index (χ0) is 19.0. The molecule has 6 nitrogen and oxygen atoms in total. The van der Waals surface area contributed by atoms with Crippen LogP contribution in [0.4, 0.5) is 0 Å². The van der Waals surface area contributed by atoms with Gasteiger partial charge in [0.25, 0.3) is 0 Å². The van der Waals surface area contributed by atoms with Crippen LogP contribution in [0.2, 0.25) is 0 Å². The van der Waals surface area contributed by atoms with E-state index in [2.05, 4.69) is 28.4 Å². The molecule has 4 rings (SSSR count). The highest BCUT2D eigenvalue weighted by molar-refractivity contribution is 8.00. The first kappa shape index (κ1) is 17.9. The number of amides is 1. The minimum Gasteiger partial charge on any atom is -0.469 e. The van der Waals surface area contributed by atoms with Crippen molar-refractivity contribution in [3.05, 3.63) is 53.5 Å². The Hall–Kier alpha value is -2.54. The number of carbonyl (C=O) groups is 1. The standard InChI is InChI=1S/C20H22N4O2S/c1-13-17(9-11-26-13)18-21-22-20(23(18)3)27-14(2)19(25)24-10-8-15-6-4-5-7-16(15)12-24/h4-7,9,11,14H,8,10,12H2,1-3H3. The lowest BCUT2D eigenvalue weighted by atomic mass is 10.00. The van der Waals surface area contributed by atoms with Crippen molar-refractivity contribution in [2.75, 3.05) is 6.54 Å². The number of nitrogens with zero attached hydrogens (tertiary/aromatic N) is 4. The first-order valence-corrected chi connectivity index (χ1v) is 9.88. The largest absolute Gasteiger partial charge is 0.469 e. The van der Waals surface area contributed by atoms with Gasteiger partial charge in [-0.25, -0.2) is 0 Å². The molecule has 1 atom stereocenters. The van der Waals surface area contributed by atoms with Gasteiger partial charge in [0, 0.05) is 20.1 Å². The fraction of sp³-hybridized carbons (Fsp3) is 0.350. The molecule has 3 heterocycles. The average molecular weight is 382 g/mol. The highest BCUT2D eigenvalue weighted by atomic mass is 32.2. The van der Waals surface area contributed by atoms with Crippen LogP contribution in [-0.2, 0) is 24.8 Å². The Balaban J connectivity index is 1.47. The Morgan fingerprint density at radius 1 is 1.22 bits per heavy atom. The molecule has 1 aliphatic heterocycles. The van der Waals surface area contributed by atoms with Gasteiger partial charge in [-0.2, -0.15) is 0 Å². The minimum atomic E-state index is -0.226. The average Bonchev–Trinajstić information content (AvgIpc) is 3.26. The molecule has 27 heavy (non-hydrogen) atoms. The van der Waals surface area contributed by atoms with Gasteiger partial charge in [-0.1, -0.05) is 36.0 Å². The van der Waals surface area contributed by atoms with Gasteiger partial charge in [-0.3, -0.25) is 4.79 Å². The Kier molecular flexibility index (Phi) is 4.78. The van der Waals surface area contributed by atoms with E-state index in [0.29, 0.717) is 6.54 Å². The summed E-state index contributed by atoms with van der Waals surface area (Å²) in [5.41, 5.74) is 3.50. The van der Waals surface area contributed by atoms with Crippen molar-refractivity contribution in [3.63, 3.8) is 0 Å². The zero-order valence-corrected chi connectivity index (χ0v) is 16.5. The molecule has 0 radical (unpaired) electrons. The molecule has 0 saturated heterocycles. The second-order valence-electron chi connectivity index (χ2n) is 6.79. The summed E-state index contributed by atoms with van der Waals surface area (Å²) >= 11 is 1.44. The molecule has 0 spiro atoms. The maximum absolute atomic E-state index is 12.9. The lowest BCUT2D eigenvalue weighted by molar-refractivity contribution is -0.131. The quantitative estimate of drug-likeness (QED) is 0.647. The Morgan fingerprint density at radius 3 is 2.74 bits per heavy atom. The van der Waals surface area contributed by atoms with Gasteiger partial charge in [0.05, 0.1) is 17.1 Å². The third-order valence-corrected chi connectivity index (χ3v) is 6.13. The summed E-state index contributed by atoms with van der Waals surface area (Å²) in [5, 5.41) is 9.06. The minimum absolute atomic E-state index is 0.138. The van der Waals surface area contributed by atoms with Crippen molar-refractivity contribution >= 4 is 17.7 Å². The number of thioether (sulfide) groups is 1. The molecule has 1 amide bonds. The smallest absolute Gasteiger partial charge is 0.236 e. The van der Waals surface area contributed by atoms with E-state index in [1.54, 1.807) is 6.26 Å². The van der Waals surface area contributed by atoms with E-state index in [1.807, 2.05) is 42.5 Å². The highest BCUT2D eigenvalue weighted by Crippen LogP contribution is 2.29. The summed E-state index contributed by atoms with van der Waals surface area (Å²) in [4.78, 5) is 14.9. The third kappa shape index (κ3) is 3.39. The first-order valence-electron chi connectivity index (χ1n) is 9.00. The van der Waals surface area contributed by atoms with Crippen LogP contribution in [0.3, 0.4) is 0 Å². The van der Waals surface area contributed by atoms with Gasteiger partial charge >= 0.3 is 0 Å². The number of hydrogen-bond donors (Lipinski definition) is 0. The normalized spacial score (nSPS) is 14.9. The van der Waals surface area contributed by atoms with E-state index >= 15 is 0 Å². The van der Waals surface area contributed by atoms with Crippen molar-refractivity contribution in [1.29, 1.82) is 0 Å². The van der Waals surface area contributed by atoms with E-state index in [0.717, 1.165) is 35.3 Å². The number of rotatable bonds is 4. The van der Waals surface area contributed by atoms with Crippen molar-refractivity contribution in [2.45, 2.75) is 37.2 Å². The Bertz CT molecular complexity index is 978. The lowest BCUT2D eigenvalue weighted by Crippen LogP contribution is -2.40. The van der Waals surface area contributed by atoms with Gasteiger partial charge in [0.15, 0.2) is 11.0 Å². The number of fused-ring (bicyclic) bond motifs is 1. The molecule has 0 aliphatic carbocycles. The van der Waals surface area contributed by atoms with E-state index in [1.165, 1.54) is 22.9 Å². The summed E-state index contributed by atoms with van der Waals surface area (Å²) in [6.07, 6.45) is 2.56. The summed E-state index contributed by atoms with van der Waals surface area (Å²) < 4.78 is 7.28. The number of aryl methyl sites for hydroxylation is 1. The summed E-state index contributed by atoms with van der Waals surface area (Å²) in [5.74, 6) is 1.69. The van der Waals surface area contributed by atoms with Crippen LogP contribution in [-0.4, -0.2) is 37.4 Å². The van der Waals surface area contributed by atoms with Crippen LogP contribution in [0.1, 0.15) is 23.8 Å². The maximum Gasteiger partial charge on any atom is 0.236 e. The fourth-order valence-electron chi connectivity index (χ4n) is 3.42. The van der Waals surface area contributed by atoms with Gasteiger partial charge in [0.1, 0.15) is 5.76 Å². The van der Waals surface area contributed by atoms with E-state index < -0.39 is 0 Å². The van der Waals surface area contributed by atoms with Crippen LogP contribution in [0.25, 0.3) is 11.4 Å². The number of hydrogen-bond acceptors (Lipinski definition) is 5. The predicted octanol–water partition coefficient (Wildman–Crippen LogP) is 3.45. The van der Waals surface area contributed by atoms with Gasteiger partial charge < -0.3 is 13.9 Å². The molecular weight excluding hydrogens is 360 g/mol. The monoisotopic (exact) mass is 382 g/mol. The SMILES string of the molecule is Cc1occc1-c1nnc(SC(C)C(=O)N2CCc3ccccc3C2)n1C. The van der Waals surface area contributed by atoms with E-state index in [-0.39, 0.29) is 11.2 Å². The van der Waals surface area contributed by atoms with Gasteiger partial charge in [-0.15, -0.1) is 10.2 Å². The molecule has 2 aromatic heterocycles. The van der Waals surface area contributed by atoms with Crippen molar-refractivity contribution in [2.24, 2.45) is 7.05 Å². The second-order valence-corrected chi connectivity index (χ2v) is 8.10. The molecule has 1 unspecified atom stereocenters. The second kappa shape index (κ2) is 7.23.